The van der Waals surface area contributed by atoms with Crippen LogP contribution in [0.3, 0.4) is 0 Å². The molecule has 0 aliphatic rings. The molecule has 1 N–H and O–H groups in total. The molecule has 138 valence electrons. The van der Waals surface area contributed by atoms with Crippen LogP contribution in [-0.2, 0) is 0 Å². The number of hydrogen-bond acceptors (Lipinski definition) is 3. The van der Waals surface area contributed by atoms with Crippen molar-refractivity contribution in [3.8, 4) is 16.9 Å². The van der Waals surface area contributed by atoms with Crippen molar-refractivity contribution in [1.82, 2.24) is 15.0 Å². The van der Waals surface area contributed by atoms with E-state index < -0.39 is 0 Å². The zero-order valence-electron chi connectivity index (χ0n) is 15.8. The zero-order chi connectivity index (χ0) is 19.5. The number of carbonyl (C=O) groups excluding carboxylic acids is 1. The molecule has 4 aromatic rings. The summed E-state index contributed by atoms with van der Waals surface area (Å²) in [6, 6.07) is 23.3. The molecule has 0 saturated heterocycles. The number of hydrogen-bond donors (Lipinski definition) is 1. The number of rotatable bonds is 4. The Kier molecular flexibility index (Phi) is 4.72. The summed E-state index contributed by atoms with van der Waals surface area (Å²) in [6.07, 6.45) is 1.74. The average Bonchev–Trinajstić information content (AvgIpc) is 3.18. The molecule has 0 spiro atoms. The summed E-state index contributed by atoms with van der Waals surface area (Å²) in [5.74, 6) is -0.144. The quantitative estimate of drug-likeness (QED) is 0.563. The fourth-order valence-electron chi connectivity index (χ4n) is 3.03. The molecule has 5 nitrogen and oxygen atoms in total. The summed E-state index contributed by atoms with van der Waals surface area (Å²) < 4.78 is 1.77. The Balaban J connectivity index is 1.56. The second-order valence-corrected chi connectivity index (χ2v) is 6.77. The largest absolute Gasteiger partial charge is 0.322 e. The molecule has 1 heterocycles. The number of nitrogens with zero attached hydrogens (tertiary/aromatic N) is 3. The molecule has 0 bridgehead atoms. The van der Waals surface area contributed by atoms with Gasteiger partial charge >= 0.3 is 0 Å². The van der Waals surface area contributed by atoms with E-state index in [1.165, 1.54) is 5.56 Å². The van der Waals surface area contributed by atoms with Crippen molar-refractivity contribution >= 4 is 11.6 Å². The second kappa shape index (κ2) is 7.48. The Morgan fingerprint density at radius 1 is 0.893 bits per heavy atom. The number of aromatic nitrogens is 3. The highest BCUT2D eigenvalue weighted by Crippen LogP contribution is 2.22. The number of benzene rings is 3. The van der Waals surface area contributed by atoms with Gasteiger partial charge < -0.3 is 5.32 Å². The maximum atomic E-state index is 12.5. The summed E-state index contributed by atoms with van der Waals surface area (Å²) in [5.41, 5.74) is 6.46. The molecule has 0 radical (unpaired) electrons. The third-order valence-electron chi connectivity index (χ3n) is 4.55. The lowest BCUT2D eigenvalue weighted by atomic mass is 10.1. The SMILES string of the molecule is Cc1ccc(-c2cnnn2-c2ccc(C(=O)Nc3cccc(C)c3)cc2)cc1. The molecular formula is C23H20N4O. The number of aryl methyl sites for hydroxylation is 2. The summed E-state index contributed by atoms with van der Waals surface area (Å²) >= 11 is 0. The first-order valence-corrected chi connectivity index (χ1v) is 9.06. The first kappa shape index (κ1) is 17.7. The van der Waals surface area contributed by atoms with Crippen LogP contribution in [0.1, 0.15) is 21.5 Å². The molecule has 1 amide bonds. The predicted octanol–water partition coefficient (Wildman–Crippen LogP) is 4.80. The summed E-state index contributed by atoms with van der Waals surface area (Å²) in [6.45, 7) is 4.05. The van der Waals surface area contributed by atoms with Gasteiger partial charge in [-0.25, -0.2) is 4.68 Å². The molecular weight excluding hydrogens is 348 g/mol. The van der Waals surface area contributed by atoms with Crippen LogP contribution in [0.4, 0.5) is 5.69 Å². The molecule has 0 atom stereocenters. The van der Waals surface area contributed by atoms with Crippen molar-refractivity contribution in [1.29, 1.82) is 0 Å². The van der Waals surface area contributed by atoms with Crippen LogP contribution in [0, 0.1) is 13.8 Å². The van der Waals surface area contributed by atoms with E-state index in [9.17, 15) is 4.79 Å². The molecule has 3 aromatic carbocycles. The molecule has 5 heteroatoms. The van der Waals surface area contributed by atoms with Crippen molar-refractivity contribution in [3.05, 3.63) is 95.7 Å². The number of nitrogens with one attached hydrogen (secondary N) is 1. The van der Waals surface area contributed by atoms with Gasteiger partial charge in [-0.05, 0) is 55.8 Å². The van der Waals surface area contributed by atoms with Crippen LogP contribution in [0.25, 0.3) is 16.9 Å². The summed E-state index contributed by atoms with van der Waals surface area (Å²) in [7, 11) is 0. The second-order valence-electron chi connectivity index (χ2n) is 6.77. The van der Waals surface area contributed by atoms with Gasteiger partial charge in [0.25, 0.3) is 5.91 Å². The predicted molar refractivity (Wildman–Crippen MR) is 111 cm³/mol. The highest BCUT2D eigenvalue weighted by atomic mass is 16.1. The lowest BCUT2D eigenvalue weighted by molar-refractivity contribution is 0.102. The van der Waals surface area contributed by atoms with Crippen LogP contribution in [-0.4, -0.2) is 20.9 Å². The third kappa shape index (κ3) is 3.69. The Labute approximate surface area is 163 Å². The van der Waals surface area contributed by atoms with E-state index in [1.54, 1.807) is 23.0 Å². The molecule has 0 unspecified atom stereocenters. The molecule has 0 fully saturated rings. The van der Waals surface area contributed by atoms with E-state index in [0.29, 0.717) is 5.56 Å². The maximum absolute atomic E-state index is 12.5. The van der Waals surface area contributed by atoms with Gasteiger partial charge in [-0.1, -0.05) is 47.2 Å². The fraction of sp³-hybridized carbons (Fsp3) is 0.0870. The van der Waals surface area contributed by atoms with E-state index in [1.807, 2.05) is 55.5 Å². The monoisotopic (exact) mass is 368 g/mol. The van der Waals surface area contributed by atoms with E-state index in [4.69, 9.17) is 0 Å². The third-order valence-corrected chi connectivity index (χ3v) is 4.55. The van der Waals surface area contributed by atoms with E-state index in [-0.39, 0.29) is 5.91 Å². The van der Waals surface area contributed by atoms with Crippen LogP contribution < -0.4 is 5.32 Å². The Morgan fingerprint density at radius 2 is 1.64 bits per heavy atom. The maximum Gasteiger partial charge on any atom is 0.255 e. The molecule has 28 heavy (non-hydrogen) atoms. The first-order chi connectivity index (χ1) is 13.6. The van der Waals surface area contributed by atoms with E-state index >= 15 is 0 Å². The lowest BCUT2D eigenvalue weighted by Gasteiger charge is -2.09. The van der Waals surface area contributed by atoms with Crippen LogP contribution in [0.5, 0.6) is 0 Å². The standard InChI is InChI=1S/C23H20N4O/c1-16-6-8-18(9-7-16)22-15-24-26-27(22)21-12-10-19(11-13-21)23(28)25-20-5-3-4-17(2)14-20/h3-15H,1-2H3,(H,25,28). The Hall–Kier alpha value is -3.73. The fourth-order valence-corrected chi connectivity index (χ4v) is 3.03. The van der Waals surface area contributed by atoms with Gasteiger partial charge in [-0.3, -0.25) is 4.79 Å². The van der Waals surface area contributed by atoms with Crippen molar-refractivity contribution < 1.29 is 4.79 Å². The Morgan fingerprint density at radius 3 is 2.36 bits per heavy atom. The number of carbonyl (C=O) groups is 1. The van der Waals surface area contributed by atoms with Gasteiger partial charge in [-0.2, -0.15) is 0 Å². The zero-order valence-corrected chi connectivity index (χ0v) is 15.8. The minimum Gasteiger partial charge on any atom is -0.322 e. The minimum atomic E-state index is -0.144. The van der Waals surface area contributed by atoms with Crippen molar-refractivity contribution in [2.75, 3.05) is 5.32 Å². The highest BCUT2D eigenvalue weighted by Gasteiger charge is 2.11. The number of amides is 1. The van der Waals surface area contributed by atoms with E-state index in [2.05, 4.69) is 34.7 Å². The van der Waals surface area contributed by atoms with Crippen molar-refractivity contribution in [2.24, 2.45) is 0 Å². The van der Waals surface area contributed by atoms with Gasteiger partial charge in [0.05, 0.1) is 17.6 Å². The van der Waals surface area contributed by atoms with Crippen LogP contribution in [0.15, 0.2) is 79.0 Å². The first-order valence-electron chi connectivity index (χ1n) is 9.06. The van der Waals surface area contributed by atoms with E-state index in [0.717, 1.165) is 28.2 Å². The normalized spacial score (nSPS) is 10.6. The van der Waals surface area contributed by atoms with Crippen LogP contribution in [0.2, 0.25) is 0 Å². The molecule has 4 rings (SSSR count). The lowest BCUT2D eigenvalue weighted by Crippen LogP contribution is -2.12. The number of anilines is 1. The Bertz CT molecular complexity index is 1110. The smallest absolute Gasteiger partial charge is 0.255 e. The molecule has 0 saturated carbocycles. The average molecular weight is 368 g/mol. The summed E-state index contributed by atoms with van der Waals surface area (Å²) in [4.78, 5) is 12.5. The van der Waals surface area contributed by atoms with Gasteiger partial charge in [-0.15, -0.1) is 5.10 Å². The van der Waals surface area contributed by atoms with Gasteiger partial charge in [0.1, 0.15) is 0 Å². The molecule has 0 aliphatic heterocycles. The molecule has 1 aromatic heterocycles. The van der Waals surface area contributed by atoms with Crippen LogP contribution >= 0.6 is 0 Å². The van der Waals surface area contributed by atoms with Gasteiger partial charge in [0, 0.05) is 16.8 Å². The minimum absolute atomic E-state index is 0.144. The van der Waals surface area contributed by atoms with Crippen molar-refractivity contribution in [3.63, 3.8) is 0 Å². The van der Waals surface area contributed by atoms with Gasteiger partial charge in [0.2, 0.25) is 0 Å². The van der Waals surface area contributed by atoms with Crippen molar-refractivity contribution in [2.45, 2.75) is 13.8 Å². The summed E-state index contributed by atoms with van der Waals surface area (Å²) in [5, 5.41) is 11.2. The van der Waals surface area contributed by atoms with Gasteiger partial charge in [0.15, 0.2) is 0 Å². The molecule has 0 aliphatic carbocycles. The highest BCUT2D eigenvalue weighted by molar-refractivity contribution is 6.04. The topological polar surface area (TPSA) is 59.8 Å².